The zero-order valence-corrected chi connectivity index (χ0v) is 12.4. The van der Waals surface area contributed by atoms with Crippen LogP contribution in [-0.2, 0) is 11.3 Å². The van der Waals surface area contributed by atoms with Gasteiger partial charge < -0.3 is 14.7 Å². The number of carbonyl (C=O) groups is 1. The van der Waals surface area contributed by atoms with Crippen molar-refractivity contribution in [1.82, 2.24) is 14.7 Å². The van der Waals surface area contributed by atoms with Gasteiger partial charge in [-0.05, 0) is 30.2 Å². The van der Waals surface area contributed by atoms with E-state index in [-0.39, 0.29) is 18.5 Å². The van der Waals surface area contributed by atoms with Crippen molar-refractivity contribution in [2.75, 3.05) is 13.7 Å². The van der Waals surface area contributed by atoms with Gasteiger partial charge in [0.15, 0.2) is 0 Å². The molecule has 1 fully saturated rings. The molecule has 1 saturated heterocycles. The molecule has 1 amide bonds. The molecule has 22 heavy (non-hydrogen) atoms. The lowest BCUT2D eigenvalue weighted by Gasteiger charge is -2.25. The minimum absolute atomic E-state index is 0.0481. The number of amides is 1. The van der Waals surface area contributed by atoms with Gasteiger partial charge in [0, 0.05) is 18.9 Å². The number of ether oxygens (including phenoxy) is 1. The van der Waals surface area contributed by atoms with E-state index in [1.165, 1.54) is 0 Å². The molecule has 116 valence electrons. The number of methoxy groups -OCH3 is 1. The molecule has 6 nitrogen and oxygen atoms in total. The van der Waals surface area contributed by atoms with E-state index < -0.39 is 6.10 Å². The molecule has 3 rings (SSSR count). The molecule has 1 N–H and O–H groups in total. The summed E-state index contributed by atoms with van der Waals surface area (Å²) in [6, 6.07) is 9.29. The van der Waals surface area contributed by atoms with Crippen LogP contribution in [0.3, 0.4) is 0 Å². The summed E-state index contributed by atoms with van der Waals surface area (Å²) in [7, 11) is 1.61. The molecule has 2 atom stereocenters. The highest BCUT2D eigenvalue weighted by atomic mass is 16.5. The van der Waals surface area contributed by atoms with Crippen LogP contribution in [0, 0.1) is 0 Å². The van der Waals surface area contributed by atoms with Crippen molar-refractivity contribution in [2.45, 2.75) is 25.1 Å². The Morgan fingerprint density at radius 3 is 3.05 bits per heavy atom. The van der Waals surface area contributed by atoms with Crippen LogP contribution in [-0.4, -0.2) is 45.5 Å². The fraction of sp³-hybridized carbons (Fsp3) is 0.375. The second kappa shape index (κ2) is 6.19. The standard InChI is InChI=1S/C16H19N3O3/c1-22-14-5-2-4-12(8-14)15-9-13(20)10-19(15)16(21)11-18-7-3-6-17-18/h2-8,13,15,20H,9-11H2,1H3/t13-,15+/m0/s1. The average Bonchev–Trinajstić information content (AvgIpc) is 3.16. The van der Waals surface area contributed by atoms with Gasteiger partial charge in [0.2, 0.25) is 5.91 Å². The Morgan fingerprint density at radius 2 is 2.32 bits per heavy atom. The van der Waals surface area contributed by atoms with Crippen LogP contribution in [0.2, 0.25) is 0 Å². The van der Waals surface area contributed by atoms with E-state index in [1.807, 2.05) is 24.3 Å². The van der Waals surface area contributed by atoms with E-state index in [2.05, 4.69) is 5.10 Å². The molecular formula is C16H19N3O3. The monoisotopic (exact) mass is 301 g/mol. The van der Waals surface area contributed by atoms with E-state index >= 15 is 0 Å². The van der Waals surface area contributed by atoms with Crippen LogP contribution in [0.25, 0.3) is 0 Å². The SMILES string of the molecule is COc1cccc([C@H]2C[C@H](O)CN2C(=O)Cn2cccn2)c1. The van der Waals surface area contributed by atoms with Crippen molar-refractivity contribution < 1.29 is 14.6 Å². The summed E-state index contributed by atoms with van der Waals surface area (Å²) in [6.45, 7) is 0.530. The molecule has 0 spiro atoms. The predicted octanol–water partition coefficient (Wildman–Crippen LogP) is 1.23. The number of likely N-dealkylation sites (tertiary alicyclic amines) is 1. The maximum absolute atomic E-state index is 12.5. The zero-order valence-electron chi connectivity index (χ0n) is 12.4. The lowest BCUT2D eigenvalue weighted by Crippen LogP contribution is -2.34. The van der Waals surface area contributed by atoms with Crippen LogP contribution in [0.5, 0.6) is 5.75 Å². The van der Waals surface area contributed by atoms with Crippen LogP contribution < -0.4 is 4.74 Å². The third-order valence-electron chi connectivity index (χ3n) is 3.93. The number of aliphatic hydroxyl groups is 1. The highest BCUT2D eigenvalue weighted by Gasteiger charge is 2.35. The molecule has 6 heteroatoms. The maximum atomic E-state index is 12.5. The Bertz CT molecular complexity index is 642. The Labute approximate surface area is 128 Å². The van der Waals surface area contributed by atoms with Gasteiger partial charge in [0.1, 0.15) is 12.3 Å². The molecule has 1 aromatic carbocycles. The van der Waals surface area contributed by atoms with Gasteiger partial charge in [0.25, 0.3) is 0 Å². The van der Waals surface area contributed by atoms with Crippen LogP contribution in [0.1, 0.15) is 18.0 Å². The normalized spacial score (nSPS) is 21.1. The predicted molar refractivity (Wildman–Crippen MR) is 80.3 cm³/mol. The van der Waals surface area contributed by atoms with Gasteiger partial charge in [-0.15, -0.1) is 0 Å². The number of β-amino-alcohol motifs (C(OH)–C–C–N with tert-alkyl or cyclic N) is 1. The first-order valence-corrected chi connectivity index (χ1v) is 7.26. The molecule has 1 aromatic heterocycles. The number of hydrogen-bond donors (Lipinski definition) is 1. The second-order valence-electron chi connectivity index (χ2n) is 5.43. The minimum Gasteiger partial charge on any atom is -0.497 e. The van der Waals surface area contributed by atoms with Gasteiger partial charge in [-0.2, -0.15) is 5.10 Å². The molecule has 0 aliphatic carbocycles. The summed E-state index contributed by atoms with van der Waals surface area (Å²) in [4.78, 5) is 14.2. The van der Waals surface area contributed by atoms with E-state index in [0.29, 0.717) is 13.0 Å². The summed E-state index contributed by atoms with van der Waals surface area (Å²) in [5.74, 6) is 0.700. The molecule has 1 aliphatic heterocycles. The summed E-state index contributed by atoms with van der Waals surface area (Å²) < 4.78 is 6.84. The summed E-state index contributed by atoms with van der Waals surface area (Å²) in [6.07, 6.45) is 3.44. The Balaban J connectivity index is 1.80. The molecule has 0 saturated carbocycles. The quantitative estimate of drug-likeness (QED) is 0.922. The molecule has 1 aliphatic rings. The van der Waals surface area contributed by atoms with Crippen LogP contribution in [0.15, 0.2) is 42.7 Å². The molecule has 2 aromatic rings. The third kappa shape index (κ3) is 2.96. The molecule has 2 heterocycles. The van der Waals surface area contributed by atoms with Crippen molar-refractivity contribution in [3.63, 3.8) is 0 Å². The van der Waals surface area contributed by atoms with Gasteiger partial charge in [-0.25, -0.2) is 0 Å². The fourth-order valence-corrected chi connectivity index (χ4v) is 2.88. The molecule has 0 bridgehead atoms. The molecule has 0 radical (unpaired) electrons. The number of carbonyl (C=O) groups excluding carboxylic acids is 1. The Kier molecular flexibility index (Phi) is 4.11. The summed E-state index contributed by atoms with van der Waals surface area (Å²) in [5.41, 5.74) is 0.977. The number of nitrogens with zero attached hydrogens (tertiary/aromatic N) is 3. The van der Waals surface area contributed by atoms with E-state index in [9.17, 15) is 9.90 Å². The molecular weight excluding hydrogens is 282 g/mol. The summed E-state index contributed by atoms with van der Waals surface area (Å²) >= 11 is 0. The maximum Gasteiger partial charge on any atom is 0.244 e. The number of benzene rings is 1. The lowest BCUT2D eigenvalue weighted by molar-refractivity contribution is -0.133. The van der Waals surface area contributed by atoms with Crippen LogP contribution >= 0.6 is 0 Å². The van der Waals surface area contributed by atoms with Crippen molar-refractivity contribution >= 4 is 5.91 Å². The second-order valence-corrected chi connectivity index (χ2v) is 5.43. The highest BCUT2D eigenvalue weighted by molar-refractivity contribution is 5.77. The number of hydrogen-bond acceptors (Lipinski definition) is 4. The third-order valence-corrected chi connectivity index (χ3v) is 3.93. The van der Waals surface area contributed by atoms with Gasteiger partial charge in [0.05, 0.1) is 19.3 Å². The van der Waals surface area contributed by atoms with Crippen molar-refractivity contribution in [1.29, 1.82) is 0 Å². The number of aliphatic hydroxyl groups excluding tert-OH is 1. The summed E-state index contributed by atoms with van der Waals surface area (Å²) in [5, 5.41) is 14.0. The Hall–Kier alpha value is -2.34. The lowest BCUT2D eigenvalue weighted by atomic mass is 10.0. The smallest absolute Gasteiger partial charge is 0.244 e. The van der Waals surface area contributed by atoms with Gasteiger partial charge in [-0.1, -0.05) is 12.1 Å². The van der Waals surface area contributed by atoms with Crippen molar-refractivity contribution in [2.24, 2.45) is 0 Å². The number of aromatic nitrogens is 2. The van der Waals surface area contributed by atoms with E-state index in [4.69, 9.17) is 4.74 Å². The van der Waals surface area contributed by atoms with E-state index in [1.54, 1.807) is 35.2 Å². The zero-order chi connectivity index (χ0) is 15.5. The van der Waals surface area contributed by atoms with Gasteiger partial charge in [-0.3, -0.25) is 9.48 Å². The number of rotatable bonds is 4. The average molecular weight is 301 g/mol. The largest absolute Gasteiger partial charge is 0.497 e. The highest BCUT2D eigenvalue weighted by Crippen LogP contribution is 2.33. The first-order chi connectivity index (χ1) is 10.7. The Morgan fingerprint density at radius 1 is 1.45 bits per heavy atom. The van der Waals surface area contributed by atoms with Crippen molar-refractivity contribution in [3.8, 4) is 5.75 Å². The first kappa shape index (κ1) is 14.6. The van der Waals surface area contributed by atoms with Crippen molar-refractivity contribution in [3.05, 3.63) is 48.3 Å². The first-order valence-electron chi connectivity index (χ1n) is 7.26. The fourth-order valence-electron chi connectivity index (χ4n) is 2.88. The topological polar surface area (TPSA) is 67.6 Å². The minimum atomic E-state index is -0.502. The molecule has 0 unspecified atom stereocenters. The van der Waals surface area contributed by atoms with Gasteiger partial charge >= 0.3 is 0 Å². The van der Waals surface area contributed by atoms with Crippen LogP contribution in [0.4, 0.5) is 0 Å². The van der Waals surface area contributed by atoms with E-state index in [0.717, 1.165) is 11.3 Å².